The van der Waals surface area contributed by atoms with E-state index in [1.54, 1.807) is 12.1 Å². The Morgan fingerprint density at radius 2 is 1.72 bits per heavy atom. The predicted molar refractivity (Wildman–Crippen MR) is 82.1 cm³/mol. The van der Waals surface area contributed by atoms with E-state index in [2.05, 4.69) is 19.2 Å². The molecule has 0 amide bonds. The fourth-order valence-electron chi connectivity index (χ4n) is 1.87. The minimum Gasteiger partial charge on any atom is -0.317 e. The van der Waals surface area contributed by atoms with Crippen LogP contribution in [0.4, 0.5) is 0 Å². The normalized spacial score (nSPS) is 12.7. The molecule has 0 spiro atoms. The SMILES string of the molecule is CCNCCC(C)CCc1c(Cl)cc(Cl)cc1Cl. The molecule has 18 heavy (non-hydrogen) atoms. The second kappa shape index (κ2) is 8.27. The third-order valence-electron chi connectivity index (χ3n) is 3.06. The molecule has 1 rings (SSSR count). The van der Waals surface area contributed by atoms with Gasteiger partial charge in [0.15, 0.2) is 0 Å². The number of rotatable bonds is 7. The fraction of sp³-hybridized carbons (Fsp3) is 0.571. The number of benzene rings is 1. The molecule has 4 heteroatoms. The Balaban J connectivity index is 2.48. The van der Waals surface area contributed by atoms with Crippen molar-refractivity contribution >= 4 is 34.8 Å². The Bertz CT molecular complexity index is 356. The molecule has 0 heterocycles. The van der Waals surface area contributed by atoms with Crippen LogP contribution in [0.15, 0.2) is 12.1 Å². The van der Waals surface area contributed by atoms with Gasteiger partial charge in [-0.25, -0.2) is 0 Å². The maximum atomic E-state index is 6.16. The zero-order chi connectivity index (χ0) is 13.5. The maximum Gasteiger partial charge on any atom is 0.0467 e. The van der Waals surface area contributed by atoms with Gasteiger partial charge in [-0.3, -0.25) is 0 Å². The molecule has 0 bridgehead atoms. The predicted octanol–water partition coefficient (Wildman–Crippen LogP) is 5.22. The Hall–Kier alpha value is 0.0500. The Labute approximate surface area is 125 Å². The molecule has 0 radical (unpaired) electrons. The van der Waals surface area contributed by atoms with Crippen LogP contribution < -0.4 is 5.32 Å². The van der Waals surface area contributed by atoms with Crippen molar-refractivity contribution in [3.05, 3.63) is 32.8 Å². The van der Waals surface area contributed by atoms with Gasteiger partial charge >= 0.3 is 0 Å². The van der Waals surface area contributed by atoms with Crippen molar-refractivity contribution in [1.29, 1.82) is 0 Å². The van der Waals surface area contributed by atoms with Gasteiger partial charge in [-0.1, -0.05) is 48.7 Å². The van der Waals surface area contributed by atoms with Crippen molar-refractivity contribution in [2.75, 3.05) is 13.1 Å². The first-order chi connectivity index (χ1) is 8.54. The number of hydrogen-bond donors (Lipinski definition) is 1. The summed E-state index contributed by atoms with van der Waals surface area (Å²) in [4.78, 5) is 0. The standard InChI is InChI=1S/C14H20Cl3N/c1-3-18-7-6-10(2)4-5-12-13(16)8-11(15)9-14(12)17/h8-10,18H,3-7H2,1-2H3. The van der Waals surface area contributed by atoms with Crippen LogP contribution in [0.3, 0.4) is 0 Å². The molecule has 1 nitrogen and oxygen atoms in total. The van der Waals surface area contributed by atoms with Crippen molar-refractivity contribution in [3.8, 4) is 0 Å². The average molecular weight is 309 g/mol. The van der Waals surface area contributed by atoms with E-state index < -0.39 is 0 Å². The van der Waals surface area contributed by atoms with E-state index in [4.69, 9.17) is 34.8 Å². The van der Waals surface area contributed by atoms with Gasteiger partial charge in [0.1, 0.15) is 0 Å². The highest BCUT2D eigenvalue weighted by atomic mass is 35.5. The van der Waals surface area contributed by atoms with Crippen LogP contribution in [0.1, 0.15) is 32.3 Å². The van der Waals surface area contributed by atoms with Gasteiger partial charge in [-0.05, 0) is 56.0 Å². The van der Waals surface area contributed by atoms with Crippen LogP contribution in [0, 0.1) is 5.92 Å². The largest absolute Gasteiger partial charge is 0.317 e. The van der Waals surface area contributed by atoms with E-state index in [0.717, 1.165) is 31.5 Å². The van der Waals surface area contributed by atoms with Gasteiger partial charge in [0.25, 0.3) is 0 Å². The highest BCUT2D eigenvalue weighted by Gasteiger charge is 2.10. The van der Waals surface area contributed by atoms with E-state index in [-0.39, 0.29) is 0 Å². The quantitative estimate of drug-likeness (QED) is 0.681. The Kier molecular flexibility index (Phi) is 7.40. The molecule has 102 valence electrons. The zero-order valence-electron chi connectivity index (χ0n) is 10.9. The highest BCUT2D eigenvalue weighted by Crippen LogP contribution is 2.30. The molecular formula is C14H20Cl3N. The third kappa shape index (κ3) is 5.36. The molecular weight excluding hydrogens is 289 g/mol. The molecule has 0 saturated carbocycles. The molecule has 0 aromatic heterocycles. The van der Waals surface area contributed by atoms with E-state index in [0.29, 0.717) is 21.0 Å². The van der Waals surface area contributed by atoms with Gasteiger partial charge in [0.05, 0.1) is 0 Å². The number of nitrogens with one attached hydrogen (secondary N) is 1. The van der Waals surface area contributed by atoms with Crippen molar-refractivity contribution in [3.63, 3.8) is 0 Å². The Morgan fingerprint density at radius 3 is 2.28 bits per heavy atom. The van der Waals surface area contributed by atoms with Gasteiger partial charge < -0.3 is 5.32 Å². The molecule has 1 N–H and O–H groups in total. The minimum absolute atomic E-state index is 0.592. The first kappa shape index (κ1) is 16.1. The second-order valence-electron chi connectivity index (χ2n) is 4.63. The lowest BCUT2D eigenvalue weighted by Crippen LogP contribution is -2.16. The molecule has 0 aliphatic heterocycles. The summed E-state index contributed by atoms with van der Waals surface area (Å²) in [5.74, 6) is 0.659. The number of hydrogen-bond acceptors (Lipinski definition) is 1. The summed E-state index contributed by atoms with van der Waals surface area (Å²) >= 11 is 18.2. The topological polar surface area (TPSA) is 12.0 Å². The molecule has 1 aromatic rings. The average Bonchev–Trinajstić information content (AvgIpc) is 2.27. The lowest BCUT2D eigenvalue weighted by molar-refractivity contribution is 0.474. The summed E-state index contributed by atoms with van der Waals surface area (Å²) in [6.45, 7) is 6.48. The number of halogens is 3. The fourth-order valence-corrected chi connectivity index (χ4v) is 2.88. The zero-order valence-corrected chi connectivity index (χ0v) is 13.2. The summed E-state index contributed by atoms with van der Waals surface area (Å²) in [5.41, 5.74) is 1.01. The highest BCUT2D eigenvalue weighted by molar-refractivity contribution is 6.39. The smallest absolute Gasteiger partial charge is 0.0467 e. The van der Waals surface area contributed by atoms with Gasteiger partial charge in [-0.15, -0.1) is 0 Å². The third-order valence-corrected chi connectivity index (χ3v) is 3.95. The van der Waals surface area contributed by atoms with Crippen molar-refractivity contribution in [1.82, 2.24) is 5.32 Å². The van der Waals surface area contributed by atoms with Gasteiger partial charge in [-0.2, -0.15) is 0 Å². The summed E-state index contributed by atoms with van der Waals surface area (Å²) in [6, 6.07) is 3.52. The van der Waals surface area contributed by atoms with Gasteiger partial charge in [0, 0.05) is 15.1 Å². The van der Waals surface area contributed by atoms with E-state index >= 15 is 0 Å². The lowest BCUT2D eigenvalue weighted by atomic mass is 9.98. The Morgan fingerprint density at radius 1 is 1.11 bits per heavy atom. The summed E-state index contributed by atoms with van der Waals surface area (Å²) in [7, 11) is 0. The van der Waals surface area contributed by atoms with Crippen LogP contribution >= 0.6 is 34.8 Å². The lowest BCUT2D eigenvalue weighted by Gasteiger charge is -2.13. The molecule has 1 aromatic carbocycles. The summed E-state index contributed by atoms with van der Waals surface area (Å²) in [5, 5.41) is 5.27. The van der Waals surface area contributed by atoms with Crippen LogP contribution in [-0.4, -0.2) is 13.1 Å². The van der Waals surface area contributed by atoms with Crippen molar-refractivity contribution in [2.45, 2.75) is 33.1 Å². The second-order valence-corrected chi connectivity index (χ2v) is 5.88. The molecule has 0 aliphatic rings. The molecule has 0 saturated heterocycles. The van der Waals surface area contributed by atoms with E-state index in [9.17, 15) is 0 Å². The van der Waals surface area contributed by atoms with Crippen LogP contribution in [0.25, 0.3) is 0 Å². The molecule has 1 atom stereocenters. The van der Waals surface area contributed by atoms with E-state index in [1.165, 1.54) is 6.42 Å². The molecule has 0 aliphatic carbocycles. The van der Waals surface area contributed by atoms with E-state index in [1.807, 2.05) is 0 Å². The maximum absolute atomic E-state index is 6.16. The van der Waals surface area contributed by atoms with Crippen molar-refractivity contribution < 1.29 is 0 Å². The van der Waals surface area contributed by atoms with Crippen LogP contribution in [-0.2, 0) is 6.42 Å². The van der Waals surface area contributed by atoms with Crippen LogP contribution in [0.5, 0.6) is 0 Å². The molecule has 1 unspecified atom stereocenters. The first-order valence-electron chi connectivity index (χ1n) is 6.38. The summed E-state index contributed by atoms with van der Waals surface area (Å²) < 4.78 is 0. The van der Waals surface area contributed by atoms with Crippen molar-refractivity contribution in [2.24, 2.45) is 5.92 Å². The van der Waals surface area contributed by atoms with Gasteiger partial charge in [0.2, 0.25) is 0 Å². The minimum atomic E-state index is 0.592. The monoisotopic (exact) mass is 307 g/mol. The first-order valence-corrected chi connectivity index (χ1v) is 7.52. The van der Waals surface area contributed by atoms with Crippen LogP contribution in [0.2, 0.25) is 15.1 Å². The summed E-state index contributed by atoms with van der Waals surface area (Å²) in [6.07, 6.45) is 3.17. The molecule has 0 fully saturated rings.